The second kappa shape index (κ2) is 8.78. The van der Waals surface area contributed by atoms with Gasteiger partial charge in [0, 0.05) is 37.3 Å². The zero-order chi connectivity index (χ0) is 23.9. The molecule has 2 aromatic carbocycles. The summed E-state index contributed by atoms with van der Waals surface area (Å²) in [4.78, 5) is 17.5. The van der Waals surface area contributed by atoms with E-state index in [0.717, 1.165) is 41.8 Å². The molecule has 0 spiro atoms. The lowest BCUT2D eigenvalue weighted by Gasteiger charge is -2.43. The Morgan fingerprint density at radius 1 is 1.15 bits per heavy atom. The van der Waals surface area contributed by atoms with Crippen molar-refractivity contribution in [3.05, 3.63) is 47.5 Å². The van der Waals surface area contributed by atoms with Crippen molar-refractivity contribution in [3.8, 4) is 5.75 Å². The number of fused-ring (bicyclic) bond motifs is 1. The Bertz CT molecular complexity index is 1030. The van der Waals surface area contributed by atoms with Crippen LogP contribution in [-0.4, -0.2) is 56.2 Å². The number of nitrogens with one attached hydrogen (secondary N) is 2. The first-order chi connectivity index (χ1) is 15.6. The van der Waals surface area contributed by atoms with E-state index in [1.807, 2.05) is 12.1 Å². The van der Waals surface area contributed by atoms with Crippen LogP contribution < -0.4 is 20.3 Å². The molecular formula is C24H29F3N4O2. The quantitative estimate of drug-likeness (QED) is 0.713. The zero-order valence-electron chi connectivity index (χ0n) is 19.2. The van der Waals surface area contributed by atoms with Gasteiger partial charge in [0.2, 0.25) is 5.91 Å². The molecule has 3 unspecified atom stereocenters. The molecule has 178 valence electrons. The molecule has 2 aromatic rings. The number of benzene rings is 2. The predicted molar refractivity (Wildman–Crippen MR) is 123 cm³/mol. The van der Waals surface area contributed by atoms with Gasteiger partial charge in [0.15, 0.2) is 0 Å². The van der Waals surface area contributed by atoms with E-state index in [0.29, 0.717) is 18.5 Å². The smallest absolute Gasteiger partial charge is 0.418 e. The van der Waals surface area contributed by atoms with Crippen molar-refractivity contribution in [1.29, 1.82) is 0 Å². The minimum Gasteiger partial charge on any atom is -0.495 e. The molecule has 1 saturated heterocycles. The first-order valence-electron chi connectivity index (χ1n) is 11.0. The molecule has 4 rings (SSSR count). The molecule has 2 aliphatic rings. The fraction of sp³-hybridized carbons (Fsp3) is 0.458. The van der Waals surface area contributed by atoms with Crippen molar-refractivity contribution < 1.29 is 22.7 Å². The molecule has 2 N–H and O–H groups in total. The highest BCUT2D eigenvalue weighted by Gasteiger charge is 2.35. The Kier molecular flexibility index (Phi) is 6.18. The Hall–Kier alpha value is -2.94. The van der Waals surface area contributed by atoms with Gasteiger partial charge in [0.1, 0.15) is 11.8 Å². The van der Waals surface area contributed by atoms with Crippen LogP contribution in [0.1, 0.15) is 25.0 Å². The minimum absolute atomic E-state index is 0.244. The number of likely N-dealkylation sites (N-methyl/N-ethyl adjacent to an activating group) is 1. The van der Waals surface area contributed by atoms with Crippen LogP contribution in [0.25, 0.3) is 0 Å². The second-order valence-electron chi connectivity index (χ2n) is 8.88. The third kappa shape index (κ3) is 4.59. The summed E-state index contributed by atoms with van der Waals surface area (Å²) < 4.78 is 45.5. The summed E-state index contributed by atoms with van der Waals surface area (Å²) in [7, 11) is 3.74. The van der Waals surface area contributed by atoms with Crippen LogP contribution in [0.3, 0.4) is 0 Å². The molecule has 0 radical (unpaired) electrons. The van der Waals surface area contributed by atoms with Gasteiger partial charge < -0.3 is 20.3 Å². The number of methoxy groups -OCH3 is 1. The van der Waals surface area contributed by atoms with E-state index in [1.54, 1.807) is 7.11 Å². The van der Waals surface area contributed by atoms with Gasteiger partial charge >= 0.3 is 6.18 Å². The summed E-state index contributed by atoms with van der Waals surface area (Å²) >= 11 is 0. The SMILES string of the molecule is COc1cc2c(cc1N1CC(C)N(C)C(C)C1)NC(C(=O)Nc1ccccc1C(F)(F)F)C2. The highest BCUT2D eigenvalue weighted by molar-refractivity contribution is 5.99. The van der Waals surface area contributed by atoms with Crippen molar-refractivity contribution in [3.63, 3.8) is 0 Å². The first-order valence-corrected chi connectivity index (χ1v) is 11.0. The van der Waals surface area contributed by atoms with Gasteiger partial charge in [-0.2, -0.15) is 13.2 Å². The monoisotopic (exact) mass is 462 g/mol. The number of anilines is 3. The molecule has 0 bridgehead atoms. The molecule has 9 heteroatoms. The number of carbonyl (C=O) groups is 1. The van der Waals surface area contributed by atoms with Crippen LogP contribution in [0.2, 0.25) is 0 Å². The van der Waals surface area contributed by atoms with E-state index >= 15 is 0 Å². The third-order valence-electron chi connectivity index (χ3n) is 6.67. The first kappa shape index (κ1) is 23.2. The minimum atomic E-state index is -4.55. The number of para-hydroxylation sites is 1. The van der Waals surface area contributed by atoms with Gasteiger partial charge in [0.25, 0.3) is 0 Å². The van der Waals surface area contributed by atoms with Crippen molar-refractivity contribution >= 4 is 23.0 Å². The van der Waals surface area contributed by atoms with Crippen LogP contribution in [0.4, 0.5) is 30.2 Å². The van der Waals surface area contributed by atoms with Crippen LogP contribution in [0.15, 0.2) is 36.4 Å². The van der Waals surface area contributed by atoms with Gasteiger partial charge in [-0.3, -0.25) is 9.69 Å². The topological polar surface area (TPSA) is 56.8 Å². The maximum atomic E-state index is 13.3. The van der Waals surface area contributed by atoms with Crippen molar-refractivity contribution in [2.24, 2.45) is 0 Å². The molecule has 0 aromatic heterocycles. The lowest BCUT2D eigenvalue weighted by molar-refractivity contribution is -0.137. The number of carbonyl (C=O) groups excluding carboxylic acids is 1. The van der Waals surface area contributed by atoms with Gasteiger partial charge in [-0.25, -0.2) is 0 Å². The van der Waals surface area contributed by atoms with E-state index in [9.17, 15) is 18.0 Å². The molecule has 2 heterocycles. The average Bonchev–Trinajstić information content (AvgIpc) is 3.19. The average molecular weight is 463 g/mol. The molecular weight excluding hydrogens is 433 g/mol. The number of ether oxygens (including phenoxy) is 1. The summed E-state index contributed by atoms with van der Waals surface area (Å²) in [5.74, 6) is 0.216. The molecule has 1 fully saturated rings. The standard InChI is InChI=1S/C24H29F3N4O2/c1-14-12-31(13-15(2)30(14)3)21-11-19-16(10-22(21)33-4)9-20(28-19)23(32)29-18-8-6-5-7-17(18)24(25,26)27/h5-8,10-11,14-15,20,28H,9,12-13H2,1-4H3,(H,29,32). The maximum Gasteiger partial charge on any atom is 0.418 e. The van der Waals surface area contributed by atoms with E-state index in [4.69, 9.17) is 4.74 Å². The molecule has 0 aliphatic carbocycles. The van der Waals surface area contributed by atoms with E-state index < -0.39 is 23.7 Å². The van der Waals surface area contributed by atoms with Crippen LogP contribution >= 0.6 is 0 Å². The van der Waals surface area contributed by atoms with Gasteiger partial charge in [-0.15, -0.1) is 0 Å². The van der Waals surface area contributed by atoms with Crippen molar-refractivity contribution in [2.45, 2.75) is 44.6 Å². The summed E-state index contributed by atoms with van der Waals surface area (Å²) in [6.45, 7) is 6.04. The molecule has 2 aliphatic heterocycles. The van der Waals surface area contributed by atoms with Crippen molar-refractivity contribution in [2.75, 3.05) is 42.8 Å². The fourth-order valence-electron chi connectivity index (χ4n) is 4.60. The summed E-state index contributed by atoms with van der Waals surface area (Å²) in [6.07, 6.45) is -4.18. The summed E-state index contributed by atoms with van der Waals surface area (Å²) in [6, 6.07) is 8.96. The maximum absolute atomic E-state index is 13.3. The Balaban J connectivity index is 1.54. The van der Waals surface area contributed by atoms with Gasteiger partial charge in [-0.1, -0.05) is 12.1 Å². The number of alkyl halides is 3. The highest BCUT2D eigenvalue weighted by Crippen LogP contribution is 2.40. The molecule has 0 saturated carbocycles. The fourth-order valence-corrected chi connectivity index (χ4v) is 4.60. The van der Waals surface area contributed by atoms with Crippen LogP contribution in [0, 0.1) is 0 Å². The van der Waals surface area contributed by atoms with Gasteiger partial charge in [-0.05, 0) is 50.7 Å². The number of hydrogen-bond donors (Lipinski definition) is 2. The van der Waals surface area contributed by atoms with E-state index in [1.165, 1.54) is 18.2 Å². The lowest BCUT2D eigenvalue weighted by Crippen LogP contribution is -2.55. The van der Waals surface area contributed by atoms with E-state index in [2.05, 4.69) is 41.3 Å². The highest BCUT2D eigenvalue weighted by atomic mass is 19.4. The predicted octanol–water partition coefficient (Wildman–Crippen LogP) is 4.22. The molecule has 3 atom stereocenters. The Morgan fingerprint density at radius 3 is 2.45 bits per heavy atom. The summed E-state index contributed by atoms with van der Waals surface area (Å²) in [5.41, 5.74) is 1.53. The molecule has 33 heavy (non-hydrogen) atoms. The third-order valence-corrected chi connectivity index (χ3v) is 6.67. The number of hydrogen-bond acceptors (Lipinski definition) is 5. The largest absolute Gasteiger partial charge is 0.495 e. The summed E-state index contributed by atoms with van der Waals surface area (Å²) in [5, 5.41) is 5.64. The number of halogens is 3. The van der Waals surface area contributed by atoms with Crippen molar-refractivity contribution in [1.82, 2.24) is 4.90 Å². The zero-order valence-corrected chi connectivity index (χ0v) is 19.2. The molecule has 1 amide bonds. The number of piperazine rings is 1. The lowest BCUT2D eigenvalue weighted by atomic mass is 10.0. The number of nitrogens with zero attached hydrogens (tertiary/aromatic N) is 2. The number of rotatable bonds is 4. The second-order valence-corrected chi connectivity index (χ2v) is 8.88. The van der Waals surface area contributed by atoms with Gasteiger partial charge in [0.05, 0.1) is 24.0 Å². The molecule has 6 nitrogen and oxygen atoms in total. The van der Waals surface area contributed by atoms with E-state index in [-0.39, 0.29) is 5.69 Å². The van der Waals surface area contributed by atoms with Crippen LogP contribution in [-0.2, 0) is 17.4 Å². The van der Waals surface area contributed by atoms with Crippen LogP contribution in [0.5, 0.6) is 5.75 Å². The normalized spacial score (nSPS) is 23.1. The Morgan fingerprint density at radius 2 is 1.82 bits per heavy atom. The number of amides is 1. The Labute approximate surface area is 191 Å².